The molecule has 24 heavy (non-hydrogen) atoms. The Bertz CT molecular complexity index is 656. The van der Waals surface area contributed by atoms with Gasteiger partial charge in [-0.3, -0.25) is 19.4 Å². The molecule has 1 aromatic carbocycles. The van der Waals surface area contributed by atoms with Crippen LogP contribution < -0.4 is 4.74 Å². The number of hydrogen-bond acceptors (Lipinski definition) is 4. The van der Waals surface area contributed by atoms with Crippen LogP contribution in [0.5, 0.6) is 5.75 Å². The Kier molecular flexibility index (Phi) is 4.58. The number of hydrogen-bond donors (Lipinski definition) is 0. The predicted octanol–water partition coefficient (Wildman–Crippen LogP) is 2.54. The van der Waals surface area contributed by atoms with Gasteiger partial charge >= 0.3 is 0 Å². The van der Waals surface area contributed by atoms with Crippen molar-refractivity contribution in [3.63, 3.8) is 0 Å². The standard InChI is InChI=1S/C18H23FN2O3/c1-20(11-13-5-6-15(24-2)14(19)9-13)12-21-16(22)10-18(17(21)23)7-3-4-8-18/h5-6,9H,3-4,7-8,10-12H2,1-2H3. The van der Waals surface area contributed by atoms with Crippen LogP contribution in [0.25, 0.3) is 0 Å². The Morgan fingerprint density at radius 3 is 2.62 bits per heavy atom. The van der Waals surface area contributed by atoms with Gasteiger partial charge in [0.2, 0.25) is 11.8 Å². The summed E-state index contributed by atoms with van der Waals surface area (Å²) in [6.45, 7) is 0.692. The fourth-order valence-corrected chi connectivity index (χ4v) is 3.86. The van der Waals surface area contributed by atoms with E-state index in [4.69, 9.17) is 4.74 Å². The number of ether oxygens (including phenoxy) is 1. The molecule has 1 aromatic rings. The lowest BCUT2D eigenvalue weighted by atomic mass is 9.85. The van der Waals surface area contributed by atoms with Crippen LogP contribution in [-0.2, 0) is 16.1 Å². The van der Waals surface area contributed by atoms with Crippen LogP contribution in [0.2, 0.25) is 0 Å². The Labute approximate surface area is 141 Å². The number of imide groups is 1. The lowest BCUT2D eigenvalue weighted by molar-refractivity contribution is -0.143. The third-order valence-corrected chi connectivity index (χ3v) is 5.10. The molecular formula is C18H23FN2O3. The zero-order valence-electron chi connectivity index (χ0n) is 14.2. The van der Waals surface area contributed by atoms with Crippen molar-refractivity contribution < 1.29 is 18.7 Å². The van der Waals surface area contributed by atoms with Crippen LogP contribution in [0.3, 0.4) is 0 Å². The van der Waals surface area contributed by atoms with Gasteiger partial charge in [0.1, 0.15) is 0 Å². The smallest absolute Gasteiger partial charge is 0.237 e. The predicted molar refractivity (Wildman–Crippen MR) is 86.7 cm³/mol. The number of methoxy groups -OCH3 is 1. The molecule has 1 spiro atoms. The first-order valence-corrected chi connectivity index (χ1v) is 8.31. The molecule has 1 saturated heterocycles. The van der Waals surface area contributed by atoms with Crippen LogP contribution >= 0.6 is 0 Å². The van der Waals surface area contributed by atoms with Gasteiger partial charge in [0.15, 0.2) is 11.6 Å². The SMILES string of the molecule is COc1ccc(CN(C)CN2C(=O)CC3(CCCC3)C2=O)cc1F. The minimum Gasteiger partial charge on any atom is -0.494 e. The van der Waals surface area contributed by atoms with E-state index < -0.39 is 11.2 Å². The minimum atomic E-state index is -0.440. The molecule has 130 valence electrons. The Morgan fingerprint density at radius 1 is 1.29 bits per heavy atom. The minimum absolute atomic E-state index is 0.0299. The highest BCUT2D eigenvalue weighted by molar-refractivity contribution is 6.06. The van der Waals surface area contributed by atoms with Crippen molar-refractivity contribution >= 4 is 11.8 Å². The van der Waals surface area contributed by atoms with Crippen molar-refractivity contribution in [2.24, 2.45) is 5.41 Å². The number of carbonyl (C=O) groups is 2. The van der Waals surface area contributed by atoms with Crippen molar-refractivity contribution in [3.8, 4) is 5.75 Å². The first kappa shape index (κ1) is 16.9. The number of benzene rings is 1. The Balaban J connectivity index is 1.64. The second-order valence-electron chi connectivity index (χ2n) is 6.92. The highest BCUT2D eigenvalue weighted by atomic mass is 19.1. The number of carbonyl (C=O) groups excluding carboxylic acids is 2. The van der Waals surface area contributed by atoms with Crippen molar-refractivity contribution in [2.75, 3.05) is 20.8 Å². The summed E-state index contributed by atoms with van der Waals surface area (Å²) >= 11 is 0. The first-order chi connectivity index (χ1) is 11.4. The van der Waals surface area contributed by atoms with Gasteiger partial charge in [-0.15, -0.1) is 0 Å². The molecule has 6 heteroatoms. The zero-order valence-corrected chi connectivity index (χ0v) is 14.2. The van der Waals surface area contributed by atoms with E-state index in [1.54, 1.807) is 12.1 Å². The maximum atomic E-state index is 13.8. The van der Waals surface area contributed by atoms with Gasteiger partial charge in [-0.2, -0.15) is 0 Å². The van der Waals surface area contributed by atoms with E-state index in [0.717, 1.165) is 31.2 Å². The fourth-order valence-electron chi connectivity index (χ4n) is 3.86. The number of halogens is 1. The molecule has 1 aliphatic carbocycles. The summed E-state index contributed by atoms with van der Waals surface area (Å²) in [6.07, 6.45) is 4.03. The molecule has 0 bridgehead atoms. The highest BCUT2D eigenvalue weighted by Crippen LogP contribution is 2.46. The number of nitrogens with zero attached hydrogens (tertiary/aromatic N) is 2. The van der Waals surface area contributed by atoms with Gasteiger partial charge in [0.25, 0.3) is 0 Å². The second kappa shape index (κ2) is 6.51. The van der Waals surface area contributed by atoms with Gasteiger partial charge < -0.3 is 4.74 Å². The molecule has 2 aliphatic rings. The summed E-state index contributed by atoms with van der Waals surface area (Å²) in [5.41, 5.74) is 0.329. The number of likely N-dealkylation sites (tertiary alicyclic amines) is 1. The van der Waals surface area contributed by atoms with Crippen molar-refractivity contribution in [1.29, 1.82) is 0 Å². The van der Waals surface area contributed by atoms with Crippen LogP contribution in [0.1, 0.15) is 37.7 Å². The molecule has 0 N–H and O–H groups in total. The molecule has 5 nitrogen and oxygen atoms in total. The molecular weight excluding hydrogens is 311 g/mol. The van der Waals surface area contributed by atoms with Crippen molar-refractivity contribution in [3.05, 3.63) is 29.6 Å². The van der Waals surface area contributed by atoms with E-state index in [9.17, 15) is 14.0 Å². The largest absolute Gasteiger partial charge is 0.494 e. The molecule has 0 atom stereocenters. The van der Waals surface area contributed by atoms with E-state index in [2.05, 4.69) is 0 Å². The highest BCUT2D eigenvalue weighted by Gasteiger charge is 2.52. The van der Waals surface area contributed by atoms with Gasteiger partial charge in [0.05, 0.1) is 19.2 Å². The van der Waals surface area contributed by atoms with Crippen molar-refractivity contribution in [1.82, 2.24) is 9.80 Å². The molecule has 0 radical (unpaired) electrons. The van der Waals surface area contributed by atoms with E-state index in [1.807, 2.05) is 11.9 Å². The summed E-state index contributed by atoms with van der Waals surface area (Å²) in [5, 5.41) is 0. The molecule has 2 fully saturated rings. The molecule has 1 heterocycles. The van der Waals surface area contributed by atoms with Gasteiger partial charge in [-0.25, -0.2) is 4.39 Å². The van der Waals surface area contributed by atoms with E-state index in [1.165, 1.54) is 18.1 Å². The third-order valence-electron chi connectivity index (χ3n) is 5.10. The van der Waals surface area contributed by atoms with Gasteiger partial charge in [-0.05, 0) is 37.6 Å². The summed E-state index contributed by atoms with van der Waals surface area (Å²) in [5.74, 6) is -0.330. The second-order valence-corrected chi connectivity index (χ2v) is 6.92. The topological polar surface area (TPSA) is 49.9 Å². The summed E-state index contributed by atoms with van der Waals surface area (Å²) in [4.78, 5) is 28.2. The first-order valence-electron chi connectivity index (χ1n) is 8.31. The number of amides is 2. The molecule has 1 saturated carbocycles. The molecule has 1 aliphatic heterocycles. The number of rotatable bonds is 5. The van der Waals surface area contributed by atoms with Crippen LogP contribution in [0.15, 0.2) is 18.2 Å². The van der Waals surface area contributed by atoms with Crippen LogP contribution in [0, 0.1) is 11.2 Å². The lowest BCUT2D eigenvalue weighted by Crippen LogP contribution is -2.41. The monoisotopic (exact) mass is 334 g/mol. The van der Waals surface area contributed by atoms with Gasteiger partial charge in [0, 0.05) is 13.0 Å². The molecule has 0 aromatic heterocycles. The Morgan fingerprint density at radius 2 is 2.00 bits per heavy atom. The van der Waals surface area contributed by atoms with Crippen LogP contribution in [0.4, 0.5) is 4.39 Å². The van der Waals surface area contributed by atoms with E-state index in [0.29, 0.717) is 13.0 Å². The maximum absolute atomic E-state index is 13.8. The fraction of sp³-hybridized carbons (Fsp3) is 0.556. The molecule has 0 unspecified atom stereocenters. The molecule has 2 amide bonds. The maximum Gasteiger partial charge on any atom is 0.237 e. The van der Waals surface area contributed by atoms with Gasteiger partial charge in [-0.1, -0.05) is 18.9 Å². The Hall–Kier alpha value is -1.95. The third kappa shape index (κ3) is 3.02. The zero-order chi connectivity index (χ0) is 17.3. The van der Waals surface area contributed by atoms with E-state index >= 15 is 0 Å². The summed E-state index contributed by atoms with van der Waals surface area (Å²) < 4.78 is 18.7. The summed E-state index contributed by atoms with van der Waals surface area (Å²) in [7, 11) is 3.25. The van der Waals surface area contributed by atoms with Crippen molar-refractivity contribution in [2.45, 2.75) is 38.6 Å². The van der Waals surface area contributed by atoms with E-state index in [-0.39, 0.29) is 24.2 Å². The molecule has 3 rings (SSSR count). The summed E-state index contributed by atoms with van der Waals surface area (Å²) in [6, 6.07) is 4.78. The van der Waals surface area contributed by atoms with Crippen LogP contribution in [-0.4, -0.2) is 42.4 Å². The normalized spacial score (nSPS) is 19.8. The quantitative estimate of drug-likeness (QED) is 0.777. The average Bonchev–Trinajstić information content (AvgIpc) is 3.09. The lowest BCUT2D eigenvalue weighted by Gasteiger charge is -2.25. The average molecular weight is 334 g/mol.